The highest BCUT2D eigenvalue weighted by Crippen LogP contribution is 2.22. The normalized spacial score (nSPS) is 12.9. The van der Waals surface area contributed by atoms with Crippen molar-refractivity contribution in [2.75, 3.05) is 0 Å². The van der Waals surface area contributed by atoms with Crippen LogP contribution >= 0.6 is 15.9 Å². The van der Waals surface area contributed by atoms with Gasteiger partial charge in [-0.2, -0.15) is 5.10 Å². The highest BCUT2D eigenvalue weighted by atomic mass is 79.9. The molecule has 1 atom stereocenters. The van der Waals surface area contributed by atoms with Crippen molar-refractivity contribution >= 4 is 15.9 Å². The van der Waals surface area contributed by atoms with Crippen LogP contribution in [-0.4, -0.2) is 20.4 Å². The third-order valence-electron chi connectivity index (χ3n) is 3.50. The van der Waals surface area contributed by atoms with Gasteiger partial charge in [0.25, 0.3) is 0 Å². The van der Waals surface area contributed by atoms with Crippen LogP contribution in [0.25, 0.3) is 0 Å². The summed E-state index contributed by atoms with van der Waals surface area (Å²) in [6.07, 6.45) is 4.02. The summed E-state index contributed by atoms with van der Waals surface area (Å²) >= 11 is 3.61. The van der Waals surface area contributed by atoms with Crippen LogP contribution in [0.5, 0.6) is 0 Å². The monoisotopic (exact) mass is 324 g/mol. The van der Waals surface area contributed by atoms with Crippen LogP contribution in [0.15, 0.2) is 22.8 Å². The van der Waals surface area contributed by atoms with Crippen LogP contribution < -0.4 is 5.73 Å². The smallest absolute Gasteiger partial charge is 0.0739 e. The van der Waals surface area contributed by atoms with Gasteiger partial charge in [0.05, 0.1) is 22.4 Å². The van der Waals surface area contributed by atoms with E-state index >= 15 is 0 Å². The maximum Gasteiger partial charge on any atom is 0.0739 e. The van der Waals surface area contributed by atoms with E-state index < -0.39 is 0 Å². The maximum absolute atomic E-state index is 6.05. The van der Waals surface area contributed by atoms with Crippen molar-refractivity contribution in [3.05, 3.63) is 39.9 Å². The molecule has 2 aromatic rings. The number of aryl methyl sites for hydroxylation is 2. The third-order valence-corrected chi connectivity index (χ3v) is 4.53. The van der Waals surface area contributed by atoms with Crippen LogP contribution in [0.1, 0.15) is 30.4 Å². The number of aromatic nitrogens is 3. The largest absolute Gasteiger partial charge is 0.345 e. The number of rotatable bonds is 5. The standard InChI is InChI=1S/C14H21BrN4/c1-4-11(16)8-12-6-5-7-19(12)9-13-14(15)10(2)17-18(13)3/h5-7,11H,4,8-9,16H2,1-3H3. The van der Waals surface area contributed by atoms with Gasteiger partial charge in [-0.3, -0.25) is 4.68 Å². The van der Waals surface area contributed by atoms with Crippen molar-refractivity contribution in [3.63, 3.8) is 0 Å². The lowest BCUT2D eigenvalue weighted by molar-refractivity contribution is 0.595. The third kappa shape index (κ3) is 3.09. The molecule has 0 aliphatic rings. The molecule has 4 nitrogen and oxygen atoms in total. The van der Waals surface area contributed by atoms with E-state index in [2.05, 4.69) is 50.8 Å². The molecule has 0 saturated heterocycles. The molecule has 0 aliphatic carbocycles. The summed E-state index contributed by atoms with van der Waals surface area (Å²) in [5.41, 5.74) is 9.53. The SMILES string of the molecule is CCC(N)Cc1cccn1Cc1c(Br)c(C)nn1C. The van der Waals surface area contributed by atoms with Crippen molar-refractivity contribution in [1.82, 2.24) is 14.3 Å². The Balaban J connectivity index is 2.22. The number of nitrogens with two attached hydrogens (primary N) is 1. The van der Waals surface area contributed by atoms with Gasteiger partial charge in [0.1, 0.15) is 0 Å². The Morgan fingerprint density at radius 1 is 1.47 bits per heavy atom. The van der Waals surface area contributed by atoms with Gasteiger partial charge in [-0.15, -0.1) is 0 Å². The second-order valence-electron chi connectivity index (χ2n) is 4.97. The highest BCUT2D eigenvalue weighted by molar-refractivity contribution is 9.10. The van der Waals surface area contributed by atoms with Gasteiger partial charge in [-0.1, -0.05) is 6.92 Å². The summed E-state index contributed by atoms with van der Waals surface area (Å²) in [7, 11) is 1.98. The molecule has 0 bridgehead atoms. The van der Waals surface area contributed by atoms with Crippen LogP contribution in [0.3, 0.4) is 0 Å². The highest BCUT2D eigenvalue weighted by Gasteiger charge is 2.13. The minimum absolute atomic E-state index is 0.227. The molecule has 0 spiro atoms. The lowest BCUT2D eigenvalue weighted by Crippen LogP contribution is -2.23. The van der Waals surface area contributed by atoms with E-state index in [-0.39, 0.29) is 6.04 Å². The first-order valence-corrected chi connectivity index (χ1v) is 7.39. The van der Waals surface area contributed by atoms with Gasteiger partial charge in [0.15, 0.2) is 0 Å². The average Bonchev–Trinajstić information content (AvgIpc) is 2.90. The Hall–Kier alpha value is -1.07. The number of nitrogens with zero attached hydrogens (tertiary/aromatic N) is 3. The minimum atomic E-state index is 0.227. The van der Waals surface area contributed by atoms with Crippen LogP contribution in [-0.2, 0) is 20.0 Å². The fourth-order valence-electron chi connectivity index (χ4n) is 2.22. The summed E-state index contributed by atoms with van der Waals surface area (Å²) in [6, 6.07) is 4.45. The lowest BCUT2D eigenvalue weighted by Gasteiger charge is -2.13. The molecule has 0 fully saturated rings. The Morgan fingerprint density at radius 2 is 2.21 bits per heavy atom. The molecule has 2 N–H and O–H groups in total. The topological polar surface area (TPSA) is 48.8 Å². The van der Waals surface area contributed by atoms with E-state index in [1.54, 1.807) is 0 Å². The first-order valence-electron chi connectivity index (χ1n) is 6.60. The number of halogens is 1. The van der Waals surface area contributed by atoms with E-state index in [1.165, 1.54) is 11.4 Å². The molecule has 2 rings (SSSR count). The molecule has 2 heterocycles. The predicted octanol–water partition coefficient (Wildman–Crippen LogP) is 2.62. The average molecular weight is 325 g/mol. The Morgan fingerprint density at radius 3 is 2.79 bits per heavy atom. The van der Waals surface area contributed by atoms with Gasteiger partial charge in [0, 0.05) is 31.4 Å². The molecule has 0 aliphatic heterocycles. The van der Waals surface area contributed by atoms with E-state index in [9.17, 15) is 0 Å². The van der Waals surface area contributed by atoms with E-state index in [1.807, 2.05) is 18.7 Å². The summed E-state index contributed by atoms with van der Waals surface area (Å²) in [5, 5.41) is 4.43. The Labute approximate surface area is 122 Å². The second kappa shape index (κ2) is 5.92. The van der Waals surface area contributed by atoms with E-state index in [0.29, 0.717) is 0 Å². The van der Waals surface area contributed by atoms with Crippen LogP contribution in [0.4, 0.5) is 0 Å². The summed E-state index contributed by atoms with van der Waals surface area (Å²) in [4.78, 5) is 0. The predicted molar refractivity (Wildman–Crippen MR) is 81.1 cm³/mol. The fraction of sp³-hybridized carbons (Fsp3) is 0.500. The molecule has 0 amide bonds. The van der Waals surface area contributed by atoms with E-state index in [0.717, 1.165) is 29.6 Å². The van der Waals surface area contributed by atoms with Crippen molar-refractivity contribution in [2.45, 2.75) is 39.3 Å². The first kappa shape index (κ1) is 14.3. The van der Waals surface area contributed by atoms with E-state index in [4.69, 9.17) is 5.73 Å². The molecule has 1 unspecified atom stereocenters. The van der Waals surface area contributed by atoms with Crippen molar-refractivity contribution in [3.8, 4) is 0 Å². The molecular weight excluding hydrogens is 304 g/mol. The molecular formula is C14H21BrN4. The Kier molecular flexibility index (Phi) is 4.47. The van der Waals surface area contributed by atoms with Crippen molar-refractivity contribution in [1.29, 1.82) is 0 Å². The van der Waals surface area contributed by atoms with Gasteiger partial charge in [0.2, 0.25) is 0 Å². The molecule has 0 radical (unpaired) electrons. The zero-order valence-electron chi connectivity index (χ0n) is 11.7. The summed E-state index contributed by atoms with van der Waals surface area (Å²) in [6.45, 7) is 4.95. The lowest BCUT2D eigenvalue weighted by atomic mass is 10.1. The second-order valence-corrected chi connectivity index (χ2v) is 5.76. The van der Waals surface area contributed by atoms with Gasteiger partial charge in [-0.25, -0.2) is 0 Å². The number of hydrogen-bond acceptors (Lipinski definition) is 2. The maximum atomic E-state index is 6.05. The Bertz CT molecular complexity index is 556. The van der Waals surface area contributed by atoms with Crippen molar-refractivity contribution in [2.24, 2.45) is 12.8 Å². The molecule has 2 aromatic heterocycles. The quantitative estimate of drug-likeness (QED) is 0.919. The summed E-state index contributed by atoms with van der Waals surface area (Å²) in [5.74, 6) is 0. The minimum Gasteiger partial charge on any atom is -0.345 e. The van der Waals surface area contributed by atoms with Crippen LogP contribution in [0.2, 0.25) is 0 Å². The van der Waals surface area contributed by atoms with Crippen LogP contribution in [0, 0.1) is 6.92 Å². The molecule has 5 heteroatoms. The first-order chi connectivity index (χ1) is 9.02. The fourth-order valence-corrected chi connectivity index (χ4v) is 2.68. The zero-order chi connectivity index (χ0) is 14.0. The zero-order valence-corrected chi connectivity index (χ0v) is 13.3. The summed E-state index contributed by atoms with van der Waals surface area (Å²) < 4.78 is 5.27. The van der Waals surface area contributed by atoms with Crippen molar-refractivity contribution < 1.29 is 0 Å². The molecule has 0 saturated carbocycles. The van der Waals surface area contributed by atoms with Gasteiger partial charge >= 0.3 is 0 Å². The van der Waals surface area contributed by atoms with Gasteiger partial charge in [-0.05, 0) is 41.4 Å². The molecule has 104 valence electrons. The number of hydrogen-bond donors (Lipinski definition) is 1. The molecule has 19 heavy (non-hydrogen) atoms. The molecule has 0 aromatic carbocycles. The van der Waals surface area contributed by atoms with Gasteiger partial charge < -0.3 is 10.3 Å².